The summed E-state index contributed by atoms with van der Waals surface area (Å²) in [5.41, 5.74) is -0.311. The highest BCUT2D eigenvalue weighted by Gasteiger charge is 2.39. The largest absolute Gasteiger partial charge is 0.480 e. The lowest BCUT2D eigenvalue weighted by Crippen LogP contribution is -2.51. The molecule has 0 aliphatic rings. The topological polar surface area (TPSA) is 69.6 Å². The predicted molar refractivity (Wildman–Crippen MR) is 83.0 cm³/mol. The van der Waals surface area contributed by atoms with Crippen molar-refractivity contribution in [3.8, 4) is 0 Å². The van der Waals surface area contributed by atoms with Crippen LogP contribution in [-0.4, -0.2) is 40.8 Å². The number of nitrogens with one attached hydrogen (secondary N) is 1. The summed E-state index contributed by atoms with van der Waals surface area (Å²) < 4.78 is 0. The molecule has 0 aromatic heterocycles. The van der Waals surface area contributed by atoms with Gasteiger partial charge in [0.15, 0.2) is 5.54 Å². The number of carboxylic acid groups (broad SMARTS) is 1. The number of likely N-dealkylation sites (N-methyl/N-ethyl adjacent to an activating group) is 1. The molecule has 0 saturated heterocycles. The van der Waals surface area contributed by atoms with E-state index in [1.54, 1.807) is 11.8 Å². The van der Waals surface area contributed by atoms with Crippen molar-refractivity contribution in [2.24, 2.45) is 5.92 Å². The Kier molecular flexibility index (Phi) is 7.05. The molecule has 5 heteroatoms. The molecule has 4 nitrogen and oxygen atoms in total. The Balaban J connectivity index is 2.92. The third-order valence-corrected chi connectivity index (χ3v) is 4.58. The van der Waals surface area contributed by atoms with Crippen molar-refractivity contribution in [3.63, 3.8) is 0 Å². The van der Waals surface area contributed by atoms with Crippen molar-refractivity contribution in [1.82, 2.24) is 5.32 Å². The standard InChI is InChI=1S/C15H23NO3S/c1-3-16-15(14(18)19,11-20-10-12(2)9-17)13-7-5-4-6-8-13/h4-8,12,16-17H,3,9-11H2,1-2H3,(H,18,19). The van der Waals surface area contributed by atoms with Gasteiger partial charge in [0.1, 0.15) is 0 Å². The Bertz CT molecular complexity index is 413. The van der Waals surface area contributed by atoms with Gasteiger partial charge in [-0.1, -0.05) is 44.2 Å². The molecule has 1 aromatic carbocycles. The zero-order chi connectivity index (χ0) is 15.0. The van der Waals surface area contributed by atoms with Crippen LogP contribution in [-0.2, 0) is 10.3 Å². The van der Waals surface area contributed by atoms with Crippen LogP contribution in [0, 0.1) is 5.92 Å². The first-order chi connectivity index (χ1) is 9.56. The molecular formula is C15H23NO3S. The van der Waals surface area contributed by atoms with Crippen molar-refractivity contribution >= 4 is 17.7 Å². The minimum absolute atomic E-state index is 0.125. The lowest BCUT2D eigenvalue weighted by molar-refractivity contribution is -0.144. The molecule has 1 aromatic rings. The summed E-state index contributed by atoms with van der Waals surface area (Å²) in [6, 6.07) is 9.26. The molecular weight excluding hydrogens is 274 g/mol. The van der Waals surface area contributed by atoms with Crippen molar-refractivity contribution in [2.75, 3.05) is 24.7 Å². The highest BCUT2D eigenvalue weighted by Crippen LogP contribution is 2.27. The van der Waals surface area contributed by atoms with E-state index in [4.69, 9.17) is 5.11 Å². The summed E-state index contributed by atoms with van der Waals surface area (Å²) in [5, 5.41) is 21.9. The van der Waals surface area contributed by atoms with Crippen LogP contribution in [0.2, 0.25) is 0 Å². The molecule has 2 unspecified atom stereocenters. The average molecular weight is 297 g/mol. The van der Waals surface area contributed by atoms with Gasteiger partial charge in [-0.05, 0) is 23.8 Å². The molecule has 2 atom stereocenters. The molecule has 0 radical (unpaired) electrons. The number of hydrogen-bond acceptors (Lipinski definition) is 4. The predicted octanol–water partition coefficient (Wildman–Crippen LogP) is 1.94. The van der Waals surface area contributed by atoms with Crippen LogP contribution in [0.1, 0.15) is 19.4 Å². The molecule has 1 rings (SSSR count). The number of carbonyl (C=O) groups is 1. The smallest absolute Gasteiger partial charge is 0.329 e. The van der Waals surface area contributed by atoms with Gasteiger partial charge in [-0.3, -0.25) is 5.32 Å². The Labute approximate surface area is 124 Å². The molecule has 3 N–H and O–H groups in total. The van der Waals surface area contributed by atoms with Crippen LogP contribution < -0.4 is 5.32 Å². The molecule has 0 aliphatic carbocycles. The molecule has 0 spiro atoms. The van der Waals surface area contributed by atoms with Crippen LogP contribution >= 0.6 is 11.8 Å². The number of carboxylic acids is 1. The van der Waals surface area contributed by atoms with Crippen LogP contribution in [0.25, 0.3) is 0 Å². The fourth-order valence-corrected chi connectivity index (χ4v) is 3.31. The van der Waals surface area contributed by atoms with E-state index >= 15 is 0 Å². The Hall–Kier alpha value is -1.04. The molecule has 0 bridgehead atoms. The first-order valence-corrected chi connectivity index (χ1v) is 7.94. The van der Waals surface area contributed by atoms with Crippen molar-refractivity contribution in [2.45, 2.75) is 19.4 Å². The van der Waals surface area contributed by atoms with E-state index in [0.717, 1.165) is 11.3 Å². The van der Waals surface area contributed by atoms with Gasteiger partial charge in [-0.25, -0.2) is 4.79 Å². The summed E-state index contributed by atoms with van der Waals surface area (Å²) in [4.78, 5) is 11.8. The van der Waals surface area contributed by atoms with Gasteiger partial charge >= 0.3 is 5.97 Å². The van der Waals surface area contributed by atoms with Gasteiger partial charge in [-0.2, -0.15) is 11.8 Å². The van der Waals surface area contributed by atoms with E-state index in [1.807, 2.05) is 44.2 Å². The van der Waals surface area contributed by atoms with Gasteiger partial charge in [-0.15, -0.1) is 0 Å². The maximum atomic E-state index is 11.8. The van der Waals surface area contributed by atoms with Crippen LogP contribution in [0.5, 0.6) is 0 Å². The molecule has 20 heavy (non-hydrogen) atoms. The SMILES string of the molecule is CCNC(CSCC(C)CO)(C(=O)O)c1ccccc1. The van der Waals surface area contributed by atoms with E-state index < -0.39 is 11.5 Å². The van der Waals surface area contributed by atoms with Gasteiger partial charge in [0, 0.05) is 12.4 Å². The third-order valence-electron chi connectivity index (χ3n) is 3.14. The van der Waals surface area contributed by atoms with E-state index in [-0.39, 0.29) is 12.5 Å². The second kappa shape index (κ2) is 8.29. The second-order valence-corrected chi connectivity index (χ2v) is 5.94. The first kappa shape index (κ1) is 17.0. The molecule has 0 amide bonds. The number of rotatable bonds is 9. The minimum atomic E-state index is -1.07. The zero-order valence-corrected chi connectivity index (χ0v) is 12.8. The van der Waals surface area contributed by atoms with E-state index in [9.17, 15) is 9.90 Å². The number of thioether (sulfide) groups is 1. The molecule has 0 heterocycles. The Morgan fingerprint density at radius 3 is 2.55 bits per heavy atom. The molecule has 0 saturated carbocycles. The summed E-state index contributed by atoms with van der Waals surface area (Å²) in [7, 11) is 0. The highest BCUT2D eigenvalue weighted by atomic mass is 32.2. The number of aliphatic hydroxyl groups is 1. The summed E-state index contributed by atoms with van der Waals surface area (Å²) in [6.07, 6.45) is 0. The monoisotopic (exact) mass is 297 g/mol. The lowest BCUT2D eigenvalue weighted by Gasteiger charge is -2.31. The first-order valence-electron chi connectivity index (χ1n) is 6.79. The lowest BCUT2D eigenvalue weighted by atomic mass is 9.92. The third kappa shape index (κ3) is 4.23. The molecule has 112 valence electrons. The van der Waals surface area contributed by atoms with Crippen molar-refractivity contribution in [1.29, 1.82) is 0 Å². The number of benzene rings is 1. The quantitative estimate of drug-likeness (QED) is 0.650. The second-order valence-electron chi connectivity index (χ2n) is 4.91. The van der Waals surface area contributed by atoms with Crippen LogP contribution in [0.3, 0.4) is 0 Å². The van der Waals surface area contributed by atoms with E-state index in [0.29, 0.717) is 12.3 Å². The average Bonchev–Trinajstić information content (AvgIpc) is 2.46. The van der Waals surface area contributed by atoms with Gasteiger partial charge in [0.2, 0.25) is 0 Å². The van der Waals surface area contributed by atoms with E-state index in [2.05, 4.69) is 5.32 Å². The summed E-state index contributed by atoms with van der Waals surface area (Å²) >= 11 is 1.55. The van der Waals surface area contributed by atoms with Crippen LogP contribution in [0.15, 0.2) is 30.3 Å². The van der Waals surface area contributed by atoms with Gasteiger partial charge in [0.05, 0.1) is 0 Å². The van der Waals surface area contributed by atoms with Gasteiger partial charge in [0.25, 0.3) is 0 Å². The Morgan fingerprint density at radius 1 is 1.40 bits per heavy atom. The zero-order valence-electron chi connectivity index (χ0n) is 12.0. The number of hydrogen-bond donors (Lipinski definition) is 3. The number of aliphatic hydroxyl groups excluding tert-OH is 1. The summed E-state index contributed by atoms with van der Waals surface area (Å²) in [6.45, 7) is 4.56. The normalized spacial score (nSPS) is 15.6. The maximum absolute atomic E-state index is 11.8. The fourth-order valence-electron chi connectivity index (χ4n) is 1.99. The minimum Gasteiger partial charge on any atom is -0.480 e. The Morgan fingerprint density at radius 2 is 2.05 bits per heavy atom. The maximum Gasteiger partial charge on any atom is 0.329 e. The molecule has 0 fully saturated rings. The molecule has 0 aliphatic heterocycles. The van der Waals surface area contributed by atoms with Gasteiger partial charge < -0.3 is 10.2 Å². The van der Waals surface area contributed by atoms with Crippen LogP contribution in [0.4, 0.5) is 0 Å². The number of aliphatic carboxylic acids is 1. The van der Waals surface area contributed by atoms with E-state index in [1.165, 1.54) is 0 Å². The summed E-state index contributed by atoms with van der Waals surface area (Å²) in [5.74, 6) is 0.479. The fraction of sp³-hybridized carbons (Fsp3) is 0.533. The van der Waals surface area contributed by atoms with Crippen molar-refractivity contribution in [3.05, 3.63) is 35.9 Å². The highest BCUT2D eigenvalue weighted by molar-refractivity contribution is 7.99. The van der Waals surface area contributed by atoms with Crippen molar-refractivity contribution < 1.29 is 15.0 Å².